The first-order valence-electron chi connectivity index (χ1n) is 6.47. The summed E-state index contributed by atoms with van der Waals surface area (Å²) < 4.78 is 28.0. The summed E-state index contributed by atoms with van der Waals surface area (Å²) in [7, 11) is -3.33. The highest BCUT2D eigenvalue weighted by Gasteiger charge is 2.36. The van der Waals surface area contributed by atoms with Crippen LogP contribution in [0.1, 0.15) is 40.0 Å². The molecule has 0 aliphatic carbocycles. The molecule has 1 heterocycles. The van der Waals surface area contributed by atoms with Crippen LogP contribution in [0, 0.1) is 0 Å². The topological polar surface area (TPSA) is 66.6 Å². The summed E-state index contributed by atoms with van der Waals surface area (Å²) in [5.41, 5.74) is 5.91. The van der Waals surface area contributed by atoms with Crippen molar-refractivity contribution >= 4 is 22.6 Å². The Morgan fingerprint density at radius 3 is 2.33 bits per heavy atom. The molecule has 5 nitrogen and oxygen atoms in total. The standard InChI is InChI=1S/C11H25N3O2S.ClH/c1-4-13(5-2)17(15,16)14-9-7-6-8-11(14)10(3)12;/h10-11H,4-9,12H2,1-3H3;1H. The van der Waals surface area contributed by atoms with Gasteiger partial charge in [0.25, 0.3) is 10.2 Å². The normalized spacial score (nSPS) is 23.7. The van der Waals surface area contributed by atoms with Crippen LogP contribution >= 0.6 is 12.4 Å². The molecule has 0 spiro atoms. The smallest absolute Gasteiger partial charge is 0.282 e. The largest absolute Gasteiger partial charge is 0.326 e. The number of halogens is 1. The van der Waals surface area contributed by atoms with Crippen LogP contribution < -0.4 is 5.73 Å². The summed E-state index contributed by atoms with van der Waals surface area (Å²) >= 11 is 0. The molecule has 0 bridgehead atoms. The molecule has 1 aliphatic rings. The Morgan fingerprint density at radius 2 is 1.89 bits per heavy atom. The average Bonchev–Trinajstić information content (AvgIpc) is 2.30. The first-order chi connectivity index (χ1) is 7.95. The molecule has 0 amide bonds. The number of hydrogen-bond donors (Lipinski definition) is 1. The third kappa shape index (κ3) is 3.81. The van der Waals surface area contributed by atoms with E-state index in [-0.39, 0.29) is 24.5 Å². The summed E-state index contributed by atoms with van der Waals surface area (Å²) in [6.07, 6.45) is 2.87. The lowest BCUT2D eigenvalue weighted by Crippen LogP contribution is -2.55. The monoisotopic (exact) mass is 299 g/mol. The van der Waals surface area contributed by atoms with Gasteiger partial charge in [0.05, 0.1) is 0 Å². The number of piperidine rings is 1. The Balaban J connectivity index is 0.00000289. The van der Waals surface area contributed by atoms with E-state index in [2.05, 4.69) is 0 Å². The van der Waals surface area contributed by atoms with Crippen LogP contribution in [0.25, 0.3) is 0 Å². The van der Waals surface area contributed by atoms with Crippen molar-refractivity contribution in [3.8, 4) is 0 Å². The minimum absolute atomic E-state index is 0. The van der Waals surface area contributed by atoms with Gasteiger partial charge in [-0.05, 0) is 19.8 Å². The van der Waals surface area contributed by atoms with Gasteiger partial charge < -0.3 is 5.73 Å². The minimum Gasteiger partial charge on any atom is -0.326 e. The van der Waals surface area contributed by atoms with Crippen molar-refractivity contribution in [1.29, 1.82) is 0 Å². The zero-order valence-electron chi connectivity index (χ0n) is 11.5. The van der Waals surface area contributed by atoms with E-state index < -0.39 is 10.2 Å². The van der Waals surface area contributed by atoms with E-state index in [1.54, 1.807) is 4.31 Å². The predicted molar refractivity (Wildman–Crippen MR) is 77.1 cm³/mol. The van der Waals surface area contributed by atoms with Crippen molar-refractivity contribution in [2.45, 2.75) is 52.1 Å². The van der Waals surface area contributed by atoms with Crippen LogP contribution in [0.2, 0.25) is 0 Å². The van der Waals surface area contributed by atoms with Gasteiger partial charge in [-0.3, -0.25) is 0 Å². The molecular formula is C11H26ClN3O2S. The fourth-order valence-corrected chi connectivity index (χ4v) is 4.39. The summed E-state index contributed by atoms with van der Waals surface area (Å²) in [5.74, 6) is 0. The number of nitrogens with zero attached hydrogens (tertiary/aromatic N) is 2. The third-order valence-electron chi connectivity index (χ3n) is 3.43. The highest BCUT2D eigenvalue weighted by Crippen LogP contribution is 2.24. The van der Waals surface area contributed by atoms with Crippen molar-refractivity contribution in [2.24, 2.45) is 5.73 Å². The SMILES string of the molecule is CCN(CC)S(=O)(=O)N1CCCCC1C(C)N.Cl. The van der Waals surface area contributed by atoms with Crippen LogP contribution in [0.4, 0.5) is 0 Å². The molecule has 1 rings (SSSR count). The van der Waals surface area contributed by atoms with E-state index in [4.69, 9.17) is 5.73 Å². The van der Waals surface area contributed by atoms with Gasteiger partial charge in [-0.1, -0.05) is 20.3 Å². The number of rotatable bonds is 5. The quantitative estimate of drug-likeness (QED) is 0.829. The van der Waals surface area contributed by atoms with Gasteiger partial charge in [0, 0.05) is 31.7 Å². The van der Waals surface area contributed by atoms with Crippen LogP contribution in [-0.2, 0) is 10.2 Å². The van der Waals surface area contributed by atoms with Crippen molar-refractivity contribution in [1.82, 2.24) is 8.61 Å². The maximum atomic E-state index is 12.5. The van der Waals surface area contributed by atoms with Gasteiger partial charge >= 0.3 is 0 Å². The number of hydrogen-bond acceptors (Lipinski definition) is 3. The van der Waals surface area contributed by atoms with Crippen LogP contribution in [0.15, 0.2) is 0 Å². The zero-order chi connectivity index (χ0) is 13.1. The maximum absolute atomic E-state index is 12.5. The molecule has 7 heteroatoms. The highest BCUT2D eigenvalue weighted by atomic mass is 35.5. The van der Waals surface area contributed by atoms with Crippen LogP contribution in [0.3, 0.4) is 0 Å². The van der Waals surface area contributed by atoms with Crippen LogP contribution in [-0.4, -0.2) is 48.7 Å². The van der Waals surface area contributed by atoms with Gasteiger partial charge in [0.1, 0.15) is 0 Å². The fourth-order valence-electron chi connectivity index (χ4n) is 2.44. The average molecular weight is 300 g/mol. The lowest BCUT2D eigenvalue weighted by Gasteiger charge is -2.39. The van der Waals surface area contributed by atoms with Gasteiger partial charge in [0.2, 0.25) is 0 Å². The molecule has 110 valence electrons. The molecular weight excluding hydrogens is 274 g/mol. The Kier molecular flexibility index (Phi) is 7.70. The zero-order valence-corrected chi connectivity index (χ0v) is 13.1. The molecule has 0 aromatic rings. The molecule has 0 aromatic carbocycles. The molecule has 2 N–H and O–H groups in total. The van der Waals surface area contributed by atoms with E-state index >= 15 is 0 Å². The summed E-state index contributed by atoms with van der Waals surface area (Å²) in [6, 6.07) is -0.157. The Hall–Kier alpha value is 0.120. The Bertz CT molecular complexity index is 331. The Labute approximate surface area is 117 Å². The molecule has 2 atom stereocenters. The molecule has 1 fully saturated rings. The Morgan fingerprint density at radius 1 is 1.33 bits per heavy atom. The summed E-state index contributed by atoms with van der Waals surface area (Å²) in [4.78, 5) is 0. The molecule has 18 heavy (non-hydrogen) atoms. The highest BCUT2D eigenvalue weighted by molar-refractivity contribution is 7.86. The molecule has 0 saturated carbocycles. The molecule has 1 aliphatic heterocycles. The van der Waals surface area contributed by atoms with Crippen molar-refractivity contribution in [3.63, 3.8) is 0 Å². The fraction of sp³-hybridized carbons (Fsp3) is 1.00. The van der Waals surface area contributed by atoms with E-state index in [1.165, 1.54) is 4.31 Å². The second-order valence-corrected chi connectivity index (χ2v) is 6.51. The van der Waals surface area contributed by atoms with Gasteiger partial charge in [-0.25, -0.2) is 0 Å². The first-order valence-corrected chi connectivity index (χ1v) is 7.87. The van der Waals surface area contributed by atoms with E-state index in [1.807, 2.05) is 20.8 Å². The minimum atomic E-state index is -3.33. The van der Waals surface area contributed by atoms with Crippen molar-refractivity contribution in [2.75, 3.05) is 19.6 Å². The van der Waals surface area contributed by atoms with E-state index in [0.717, 1.165) is 19.3 Å². The van der Waals surface area contributed by atoms with Gasteiger partial charge in [-0.15, -0.1) is 12.4 Å². The third-order valence-corrected chi connectivity index (χ3v) is 5.65. The lowest BCUT2D eigenvalue weighted by atomic mass is 10.00. The van der Waals surface area contributed by atoms with Crippen LogP contribution in [0.5, 0.6) is 0 Å². The molecule has 0 aromatic heterocycles. The molecule has 0 radical (unpaired) electrons. The lowest BCUT2D eigenvalue weighted by molar-refractivity contribution is 0.212. The predicted octanol–water partition coefficient (Wildman–Crippen LogP) is 1.20. The van der Waals surface area contributed by atoms with E-state index in [0.29, 0.717) is 19.6 Å². The summed E-state index contributed by atoms with van der Waals surface area (Å²) in [6.45, 7) is 7.26. The van der Waals surface area contributed by atoms with Gasteiger partial charge in [-0.2, -0.15) is 17.0 Å². The molecule has 1 saturated heterocycles. The second-order valence-electron chi connectivity index (χ2n) is 4.63. The maximum Gasteiger partial charge on any atom is 0.282 e. The van der Waals surface area contributed by atoms with Gasteiger partial charge in [0.15, 0.2) is 0 Å². The van der Waals surface area contributed by atoms with Crippen molar-refractivity contribution < 1.29 is 8.42 Å². The van der Waals surface area contributed by atoms with Crippen molar-refractivity contribution in [3.05, 3.63) is 0 Å². The second kappa shape index (κ2) is 7.65. The molecule has 2 unspecified atom stereocenters. The van der Waals surface area contributed by atoms with E-state index in [9.17, 15) is 8.42 Å². The number of nitrogens with two attached hydrogens (primary N) is 1. The first kappa shape index (κ1) is 18.1. The summed E-state index contributed by atoms with van der Waals surface area (Å²) in [5, 5.41) is 0.